The molecule has 2 heteroatoms. The Hall–Kier alpha value is -1.02. The fraction of sp³-hybridized carbons (Fsp3) is 0.667. The summed E-state index contributed by atoms with van der Waals surface area (Å²) in [5.41, 5.74) is 2.72. The highest BCUT2D eigenvalue weighted by atomic mass is 16.5. The third-order valence-electron chi connectivity index (χ3n) is 3.85. The van der Waals surface area contributed by atoms with Crippen LogP contribution in [-0.4, -0.2) is 18.7 Å². The first-order chi connectivity index (χ1) is 9.49. The molecule has 20 heavy (non-hydrogen) atoms. The molecule has 2 unspecified atom stereocenters. The first-order valence-electron chi connectivity index (χ1n) is 8.00. The maximum absolute atomic E-state index is 6.12. The van der Waals surface area contributed by atoms with Crippen molar-refractivity contribution in [3.8, 4) is 5.75 Å². The topological polar surface area (TPSA) is 21.3 Å². The zero-order valence-corrected chi connectivity index (χ0v) is 14.0. The van der Waals surface area contributed by atoms with E-state index in [4.69, 9.17) is 4.74 Å². The van der Waals surface area contributed by atoms with E-state index in [1.165, 1.54) is 11.1 Å². The molecule has 1 aromatic rings. The molecule has 2 nitrogen and oxygen atoms in total. The predicted molar refractivity (Wildman–Crippen MR) is 87.7 cm³/mol. The van der Waals surface area contributed by atoms with Gasteiger partial charge < -0.3 is 10.1 Å². The normalized spacial score (nSPS) is 14.3. The molecule has 0 spiro atoms. The molecule has 0 saturated carbocycles. The summed E-state index contributed by atoms with van der Waals surface area (Å²) in [6.45, 7) is 14.2. The molecule has 0 aliphatic rings. The van der Waals surface area contributed by atoms with Gasteiger partial charge in [0.15, 0.2) is 0 Å². The zero-order valence-electron chi connectivity index (χ0n) is 14.0. The van der Waals surface area contributed by atoms with Crippen molar-refractivity contribution in [3.63, 3.8) is 0 Å². The van der Waals surface area contributed by atoms with E-state index in [1.807, 2.05) is 0 Å². The third kappa shape index (κ3) is 4.82. The highest BCUT2D eigenvalue weighted by molar-refractivity contribution is 5.36. The van der Waals surface area contributed by atoms with Gasteiger partial charge in [0.1, 0.15) is 11.9 Å². The Balaban J connectivity index is 2.69. The lowest BCUT2D eigenvalue weighted by Gasteiger charge is -2.25. The van der Waals surface area contributed by atoms with Crippen molar-refractivity contribution < 1.29 is 4.74 Å². The van der Waals surface area contributed by atoms with E-state index in [2.05, 4.69) is 65.1 Å². The van der Waals surface area contributed by atoms with Crippen LogP contribution in [-0.2, 0) is 0 Å². The maximum atomic E-state index is 6.12. The van der Waals surface area contributed by atoms with Crippen molar-refractivity contribution in [2.45, 2.75) is 72.4 Å². The second-order valence-corrected chi connectivity index (χ2v) is 5.96. The molecule has 1 N–H and O–H groups in total. The van der Waals surface area contributed by atoms with Crippen LogP contribution in [0.1, 0.15) is 64.5 Å². The second kappa shape index (κ2) is 8.31. The van der Waals surface area contributed by atoms with Gasteiger partial charge in [0.25, 0.3) is 0 Å². The SMILES string of the molecule is CCCNC(CC)C(C)Oc1ccc(C(C)C)c(C)c1. The molecule has 0 aliphatic carbocycles. The summed E-state index contributed by atoms with van der Waals surface area (Å²) in [6.07, 6.45) is 2.44. The molecular formula is C18H31NO. The number of benzene rings is 1. The zero-order chi connectivity index (χ0) is 15.1. The molecule has 0 bridgehead atoms. The average Bonchev–Trinajstić information content (AvgIpc) is 2.39. The second-order valence-electron chi connectivity index (χ2n) is 5.96. The van der Waals surface area contributed by atoms with Gasteiger partial charge in [-0.1, -0.05) is 33.8 Å². The first kappa shape index (κ1) is 17.0. The molecule has 0 aromatic heterocycles. The number of rotatable bonds is 8. The highest BCUT2D eigenvalue weighted by Gasteiger charge is 2.16. The van der Waals surface area contributed by atoms with Gasteiger partial charge in [-0.25, -0.2) is 0 Å². The lowest BCUT2D eigenvalue weighted by atomic mass is 9.98. The smallest absolute Gasteiger partial charge is 0.120 e. The van der Waals surface area contributed by atoms with Crippen LogP contribution in [0.25, 0.3) is 0 Å². The summed E-state index contributed by atoms with van der Waals surface area (Å²) in [5, 5.41) is 3.56. The quantitative estimate of drug-likeness (QED) is 0.746. The minimum absolute atomic E-state index is 0.191. The Kier molecular flexibility index (Phi) is 7.08. The van der Waals surface area contributed by atoms with Crippen LogP contribution < -0.4 is 10.1 Å². The van der Waals surface area contributed by atoms with Crippen LogP contribution in [0.4, 0.5) is 0 Å². The van der Waals surface area contributed by atoms with Crippen molar-refractivity contribution in [1.29, 1.82) is 0 Å². The lowest BCUT2D eigenvalue weighted by Crippen LogP contribution is -2.41. The minimum atomic E-state index is 0.191. The minimum Gasteiger partial charge on any atom is -0.489 e. The number of hydrogen-bond acceptors (Lipinski definition) is 2. The predicted octanol–water partition coefficient (Wildman–Crippen LogP) is 4.66. The molecule has 0 radical (unpaired) electrons. The number of ether oxygens (including phenoxy) is 1. The standard InChI is InChI=1S/C18H31NO/c1-7-11-19-18(8-2)15(6)20-16-9-10-17(13(3)4)14(5)12-16/h9-10,12-13,15,18-19H,7-8,11H2,1-6H3. The molecule has 2 atom stereocenters. The maximum Gasteiger partial charge on any atom is 0.120 e. The van der Waals surface area contributed by atoms with Crippen molar-refractivity contribution >= 4 is 0 Å². The fourth-order valence-electron chi connectivity index (χ4n) is 2.64. The molecule has 0 amide bonds. The fourth-order valence-corrected chi connectivity index (χ4v) is 2.64. The Bertz CT molecular complexity index is 400. The van der Waals surface area contributed by atoms with Crippen molar-refractivity contribution in [3.05, 3.63) is 29.3 Å². The van der Waals surface area contributed by atoms with Gasteiger partial charge in [0.05, 0.1) is 0 Å². The van der Waals surface area contributed by atoms with E-state index in [0.717, 1.165) is 25.1 Å². The van der Waals surface area contributed by atoms with Gasteiger partial charge in [-0.3, -0.25) is 0 Å². The number of hydrogen-bond donors (Lipinski definition) is 1. The largest absolute Gasteiger partial charge is 0.489 e. The van der Waals surface area contributed by atoms with E-state index in [9.17, 15) is 0 Å². The Labute approximate surface area is 124 Å². The summed E-state index contributed by atoms with van der Waals surface area (Å²) in [7, 11) is 0. The van der Waals surface area contributed by atoms with Crippen LogP contribution in [0.3, 0.4) is 0 Å². The molecule has 1 aromatic carbocycles. The van der Waals surface area contributed by atoms with Gasteiger partial charge in [-0.05, 0) is 62.4 Å². The summed E-state index contributed by atoms with van der Waals surface area (Å²) in [6, 6.07) is 6.88. The van der Waals surface area contributed by atoms with E-state index in [-0.39, 0.29) is 6.10 Å². The highest BCUT2D eigenvalue weighted by Crippen LogP contribution is 2.24. The summed E-state index contributed by atoms with van der Waals surface area (Å²) in [4.78, 5) is 0. The molecule has 114 valence electrons. The van der Waals surface area contributed by atoms with E-state index >= 15 is 0 Å². The lowest BCUT2D eigenvalue weighted by molar-refractivity contribution is 0.167. The summed E-state index contributed by atoms with van der Waals surface area (Å²) >= 11 is 0. The molecule has 0 fully saturated rings. The third-order valence-corrected chi connectivity index (χ3v) is 3.85. The van der Waals surface area contributed by atoms with Crippen LogP contribution in [0, 0.1) is 6.92 Å². The van der Waals surface area contributed by atoms with Crippen LogP contribution >= 0.6 is 0 Å². The Morgan fingerprint density at radius 2 is 1.85 bits per heavy atom. The van der Waals surface area contributed by atoms with Gasteiger partial charge in [0, 0.05) is 6.04 Å². The van der Waals surface area contributed by atoms with E-state index < -0.39 is 0 Å². The molecule has 0 aliphatic heterocycles. The average molecular weight is 277 g/mol. The van der Waals surface area contributed by atoms with Crippen molar-refractivity contribution in [1.82, 2.24) is 5.32 Å². The van der Waals surface area contributed by atoms with Gasteiger partial charge in [-0.15, -0.1) is 0 Å². The summed E-state index contributed by atoms with van der Waals surface area (Å²) in [5.74, 6) is 1.55. The molecule has 0 saturated heterocycles. The van der Waals surface area contributed by atoms with Gasteiger partial charge in [0.2, 0.25) is 0 Å². The molecular weight excluding hydrogens is 246 g/mol. The van der Waals surface area contributed by atoms with Crippen LogP contribution in [0.15, 0.2) is 18.2 Å². The number of aryl methyl sites for hydroxylation is 1. The van der Waals surface area contributed by atoms with Crippen molar-refractivity contribution in [2.24, 2.45) is 0 Å². The summed E-state index contributed by atoms with van der Waals surface area (Å²) < 4.78 is 6.12. The Morgan fingerprint density at radius 1 is 1.15 bits per heavy atom. The van der Waals surface area contributed by atoms with Crippen LogP contribution in [0.5, 0.6) is 5.75 Å². The monoisotopic (exact) mass is 277 g/mol. The van der Waals surface area contributed by atoms with Crippen LogP contribution in [0.2, 0.25) is 0 Å². The van der Waals surface area contributed by atoms with Gasteiger partial charge >= 0.3 is 0 Å². The molecule has 1 rings (SSSR count). The number of nitrogens with one attached hydrogen (secondary N) is 1. The first-order valence-corrected chi connectivity index (χ1v) is 8.00. The Morgan fingerprint density at radius 3 is 2.35 bits per heavy atom. The van der Waals surface area contributed by atoms with E-state index in [1.54, 1.807) is 0 Å². The van der Waals surface area contributed by atoms with Gasteiger partial charge in [-0.2, -0.15) is 0 Å². The molecule has 0 heterocycles. The van der Waals surface area contributed by atoms with E-state index in [0.29, 0.717) is 12.0 Å². The van der Waals surface area contributed by atoms with Crippen molar-refractivity contribution in [2.75, 3.05) is 6.54 Å².